The number of carbonyl (C=O) groups excluding carboxylic acids is 1. The Bertz CT molecular complexity index is 1140. The van der Waals surface area contributed by atoms with E-state index in [1.165, 1.54) is 12.1 Å². The number of nitrogens with zero attached hydrogens (tertiary/aromatic N) is 1. The molecule has 0 aromatic heterocycles. The number of likely N-dealkylation sites (tertiary alicyclic amines) is 1. The molecule has 0 spiro atoms. The molecule has 2 aliphatic rings. The minimum Gasteiger partial charge on any atom is -0.491 e. The van der Waals surface area contributed by atoms with Gasteiger partial charge in [0.15, 0.2) is 0 Å². The van der Waals surface area contributed by atoms with E-state index in [4.69, 9.17) is 4.74 Å². The molecule has 0 radical (unpaired) electrons. The van der Waals surface area contributed by atoms with Crippen molar-refractivity contribution in [1.82, 2.24) is 15.5 Å². The fourth-order valence-corrected chi connectivity index (χ4v) is 5.82. The first-order chi connectivity index (χ1) is 19.8. The van der Waals surface area contributed by atoms with Crippen LogP contribution in [0.25, 0.3) is 11.1 Å². The van der Waals surface area contributed by atoms with Crippen LogP contribution < -0.4 is 15.4 Å². The predicted molar refractivity (Wildman–Crippen MR) is 152 cm³/mol. The lowest BCUT2D eigenvalue weighted by Gasteiger charge is -2.37. The zero-order valence-corrected chi connectivity index (χ0v) is 23.4. The Morgan fingerprint density at radius 1 is 1.10 bits per heavy atom. The second-order valence-electron chi connectivity index (χ2n) is 11.1. The van der Waals surface area contributed by atoms with Crippen molar-refractivity contribution in [3.05, 3.63) is 53.8 Å². The van der Waals surface area contributed by atoms with Gasteiger partial charge in [0.1, 0.15) is 31.1 Å². The van der Waals surface area contributed by atoms with Gasteiger partial charge in [0.25, 0.3) is 0 Å². The second kappa shape index (κ2) is 15.2. The van der Waals surface area contributed by atoms with Gasteiger partial charge in [0.05, 0.1) is 6.42 Å². The molecule has 41 heavy (non-hydrogen) atoms. The fraction of sp³-hybridized carbons (Fsp3) is 0.548. The summed E-state index contributed by atoms with van der Waals surface area (Å²) < 4.78 is 32.4. The highest BCUT2D eigenvalue weighted by Crippen LogP contribution is 2.30. The van der Waals surface area contributed by atoms with Gasteiger partial charge in [-0.3, -0.25) is 14.9 Å². The van der Waals surface area contributed by atoms with E-state index in [1.54, 1.807) is 30.3 Å². The molecule has 4 N–H and O–H groups in total. The maximum Gasteiger partial charge on any atom is 0.305 e. The Labute approximate surface area is 240 Å². The summed E-state index contributed by atoms with van der Waals surface area (Å²) in [4.78, 5) is 26.5. The summed E-state index contributed by atoms with van der Waals surface area (Å²) in [5.41, 5.74) is 1.61. The van der Waals surface area contributed by atoms with E-state index in [0.717, 1.165) is 38.8 Å². The summed E-state index contributed by atoms with van der Waals surface area (Å²) in [6, 6.07) is 10.2. The molecular weight excluding hydrogens is 532 g/mol. The minimum absolute atomic E-state index is 0.0559. The zero-order chi connectivity index (χ0) is 29.2. The van der Waals surface area contributed by atoms with Crippen LogP contribution in [0.5, 0.6) is 5.75 Å². The highest BCUT2D eigenvalue weighted by atomic mass is 19.1. The van der Waals surface area contributed by atoms with Crippen LogP contribution in [0.1, 0.15) is 56.6 Å². The van der Waals surface area contributed by atoms with Crippen molar-refractivity contribution in [1.29, 1.82) is 0 Å². The first-order valence-electron chi connectivity index (χ1n) is 14.6. The van der Waals surface area contributed by atoms with Gasteiger partial charge < -0.3 is 25.2 Å². The normalized spacial score (nSPS) is 19.5. The molecule has 2 fully saturated rings. The van der Waals surface area contributed by atoms with Crippen molar-refractivity contribution >= 4 is 11.9 Å². The number of hydrogen-bond acceptors (Lipinski definition) is 6. The first kappa shape index (κ1) is 30.9. The number of nitrogens with one attached hydrogen (secondary N) is 2. The molecule has 2 aliphatic heterocycles. The fourth-order valence-electron chi connectivity index (χ4n) is 5.82. The van der Waals surface area contributed by atoms with Gasteiger partial charge in [-0.15, -0.1) is 0 Å². The average molecular weight is 574 g/mol. The zero-order valence-electron chi connectivity index (χ0n) is 23.4. The number of halogens is 2. The van der Waals surface area contributed by atoms with Gasteiger partial charge in [-0.1, -0.05) is 12.1 Å². The number of aliphatic hydroxyl groups excluding tert-OH is 1. The first-order valence-corrected chi connectivity index (χ1v) is 14.6. The maximum absolute atomic E-state index is 14.7. The molecule has 1 amide bonds. The number of carboxylic acid groups (broad SMARTS) is 1. The number of rotatable bonds is 13. The Balaban J connectivity index is 1.41. The maximum atomic E-state index is 14.7. The van der Waals surface area contributed by atoms with E-state index in [1.807, 2.05) is 4.90 Å². The largest absolute Gasteiger partial charge is 0.491 e. The number of hydrogen-bond donors (Lipinski definition) is 4. The number of piperidine rings is 2. The molecule has 2 unspecified atom stereocenters. The van der Waals surface area contributed by atoms with E-state index < -0.39 is 30.7 Å². The Hall–Kier alpha value is -3.08. The molecule has 2 saturated heterocycles. The van der Waals surface area contributed by atoms with Crippen LogP contribution in [-0.2, 0) is 9.59 Å². The van der Waals surface area contributed by atoms with Crippen LogP contribution in [0.4, 0.5) is 8.78 Å². The molecule has 8 nitrogen and oxygen atoms in total. The van der Waals surface area contributed by atoms with Gasteiger partial charge in [-0.25, -0.2) is 8.78 Å². The summed E-state index contributed by atoms with van der Waals surface area (Å²) in [6.45, 7) is 2.37. The van der Waals surface area contributed by atoms with E-state index in [-0.39, 0.29) is 24.9 Å². The standard InChI is InChI=1S/C31H41F2N3O5/c32-11-15-41-27-6-4-22(5-7-27)24-16-25(18-26(33)17-24)28(19-30(38)39)35-31(40)23-2-1-14-36(20-23)29(37)8-3-21-9-12-34-13-10-21/h4-7,16-18,21,23,28,31,34-35,40H,1-3,8-15,19-20H2,(H,38,39)/t23?,28-,31?/m0/s1. The van der Waals surface area contributed by atoms with Gasteiger partial charge in [0.2, 0.25) is 5.91 Å². The lowest BCUT2D eigenvalue weighted by atomic mass is 9.91. The number of carboxylic acids is 1. The Morgan fingerprint density at radius 2 is 1.85 bits per heavy atom. The van der Waals surface area contributed by atoms with Crippen molar-refractivity contribution < 1.29 is 33.3 Å². The Kier molecular flexibility index (Phi) is 11.5. The molecule has 3 atom stereocenters. The number of alkyl halides is 1. The molecule has 10 heteroatoms. The van der Waals surface area contributed by atoms with E-state index in [9.17, 15) is 28.6 Å². The molecule has 2 aromatic carbocycles. The van der Waals surface area contributed by atoms with E-state index >= 15 is 0 Å². The quantitative estimate of drug-likeness (QED) is 0.265. The summed E-state index contributed by atoms with van der Waals surface area (Å²) in [5.74, 6) is -0.749. The molecule has 2 heterocycles. The van der Waals surface area contributed by atoms with Gasteiger partial charge >= 0.3 is 5.97 Å². The van der Waals surface area contributed by atoms with Crippen molar-refractivity contribution in [2.45, 2.75) is 57.2 Å². The molecule has 2 aromatic rings. The van der Waals surface area contributed by atoms with Crippen molar-refractivity contribution in [2.75, 3.05) is 39.5 Å². The molecule has 0 saturated carbocycles. The van der Waals surface area contributed by atoms with Gasteiger partial charge in [-0.05, 0) is 98.1 Å². The van der Waals surface area contributed by atoms with Crippen molar-refractivity contribution in [2.24, 2.45) is 11.8 Å². The number of aliphatic carboxylic acids is 1. The molecule has 224 valence electrons. The molecule has 0 aliphatic carbocycles. The number of carbonyl (C=O) groups is 2. The third-order valence-corrected chi connectivity index (χ3v) is 8.09. The molecule has 4 rings (SSSR count). The molecule has 0 bridgehead atoms. The van der Waals surface area contributed by atoms with Crippen molar-refractivity contribution in [3.63, 3.8) is 0 Å². The average Bonchev–Trinajstić information content (AvgIpc) is 2.98. The lowest BCUT2D eigenvalue weighted by molar-refractivity contribution is -0.137. The Morgan fingerprint density at radius 3 is 2.56 bits per heavy atom. The summed E-state index contributed by atoms with van der Waals surface area (Å²) in [5, 5.41) is 27.1. The number of ether oxygens (including phenoxy) is 1. The van der Waals surface area contributed by atoms with Gasteiger partial charge in [0, 0.05) is 31.5 Å². The van der Waals surface area contributed by atoms with Crippen LogP contribution in [0.2, 0.25) is 0 Å². The molecular formula is C31H41F2N3O5. The topological polar surface area (TPSA) is 111 Å². The smallest absolute Gasteiger partial charge is 0.305 e. The third-order valence-electron chi connectivity index (χ3n) is 8.09. The van der Waals surface area contributed by atoms with E-state index in [2.05, 4.69) is 10.6 Å². The van der Waals surface area contributed by atoms with Crippen LogP contribution in [0.15, 0.2) is 42.5 Å². The monoisotopic (exact) mass is 573 g/mol. The summed E-state index contributed by atoms with van der Waals surface area (Å²) >= 11 is 0. The van der Waals surface area contributed by atoms with Crippen LogP contribution >= 0.6 is 0 Å². The highest BCUT2D eigenvalue weighted by molar-refractivity contribution is 5.76. The number of benzene rings is 2. The van der Waals surface area contributed by atoms with Crippen LogP contribution in [0.3, 0.4) is 0 Å². The number of aliphatic hydroxyl groups is 1. The third kappa shape index (κ3) is 9.21. The van der Waals surface area contributed by atoms with Crippen LogP contribution in [-0.4, -0.2) is 72.7 Å². The second-order valence-corrected chi connectivity index (χ2v) is 11.1. The van der Waals surface area contributed by atoms with Crippen LogP contribution in [0, 0.1) is 17.7 Å². The van der Waals surface area contributed by atoms with Gasteiger partial charge in [-0.2, -0.15) is 0 Å². The summed E-state index contributed by atoms with van der Waals surface area (Å²) in [7, 11) is 0. The van der Waals surface area contributed by atoms with Crippen molar-refractivity contribution in [3.8, 4) is 16.9 Å². The predicted octanol–water partition coefficient (Wildman–Crippen LogP) is 4.28. The SMILES string of the molecule is O=C(O)C[C@H](NC(O)C1CCCN(C(=O)CCC2CCNCC2)C1)c1cc(F)cc(-c2ccc(OCCF)cc2)c1. The summed E-state index contributed by atoms with van der Waals surface area (Å²) in [6.07, 6.45) is 3.56. The highest BCUT2D eigenvalue weighted by Gasteiger charge is 2.31. The number of amides is 1. The van der Waals surface area contributed by atoms with E-state index in [0.29, 0.717) is 54.3 Å². The minimum atomic E-state index is -1.09. The lowest BCUT2D eigenvalue weighted by Crippen LogP contribution is -2.48.